The van der Waals surface area contributed by atoms with Crippen LogP contribution in [0.1, 0.15) is 27.1 Å². The van der Waals surface area contributed by atoms with E-state index in [9.17, 15) is 19.8 Å². The van der Waals surface area contributed by atoms with E-state index in [1.807, 2.05) is 0 Å². The van der Waals surface area contributed by atoms with E-state index >= 15 is 0 Å². The fourth-order valence-electron chi connectivity index (χ4n) is 3.05. The topological polar surface area (TPSA) is 98.1 Å². The van der Waals surface area contributed by atoms with Crippen LogP contribution in [0.15, 0.2) is 24.3 Å². The molecular formula is C14H15NO5. The van der Waals surface area contributed by atoms with Crippen molar-refractivity contribution >= 4 is 11.8 Å². The van der Waals surface area contributed by atoms with Gasteiger partial charge in [-0.15, -0.1) is 0 Å². The predicted molar refractivity (Wildman–Crippen MR) is 67.9 cm³/mol. The molecule has 0 bridgehead atoms. The zero-order chi connectivity index (χ0) is 14.4. The third-order valence-corrected chi connectivity index (χ3v) is 4.16. The number of aliphatic hydroxyl groups is 3. The van der Waals surface area contributed by atoms with Crippen LogP contribution in [-0.4, -0.2) is 56.9 Å². The summed E-state index contributed by atoms with van der Waals surface area (Å²) >= 11 is 0. The van der Waals surface area contributed by atoms with Crippen molar-refractivity contribution in [2.75, 3.05) is 6.61 Å². The van der Waals surface area contributed by atoms with Crippen molar-refractivity contribution in [3.05, 3.63) is 35.4 Å². The minimum atomic E-state index is -1.23. The smallest absolute Gasteiger partial charge is 0.261 e. The van der Waals surface area contributed by atoms with Crippen molar-refractivity contribution in [2.45, 2.75) is 24.7 Å². The molecule has 2 amide bonds. The highest BCUT2D eigenvalue weighted by Crippen LogP contribution is 2.34. The average Bonchev–Trinajstić information content (AvgIpc) is 2.88. The minimum absolute atomic E-state index is 0.199. The van der Waals surface area contributed by atoms with Crippen molar-refractivity contribution in [3.63, 3.8) is 0 Å². The van der Waals surface area contributed by atoms with Gasteiger partial charge in [-0.25, -0.2) is 0 Å². The number of carbonyl (C=O) groups is 2. The van der Waals surface area contributed by atoms with Crippen molar-refractivity contribution in [1.29, 1.82) is 0 Å². The van der Waals surface area contributed by atoms with Gasteiger partial charge in [0.15, 0.2) is 0 Å². The maximum atomic E-state index is 12.3. The van der Waals surface area contributed by atoms with E-state index in [1.54, 1.807) is 24.3 Å². The second kappa shape index (κ2) is 4.66. The summed E-state index contributed by atoms with van der Waals surface area (Å²) in [4.78, 5) is 25.6. The fourth-order valence-corrected chi connectivity index (χ4v) is 3.05. The van der Waals surface area contributed by atoms with Crippen LogP contribution in [0.4, 0.5) is 0 Å². The molecule has 2 aliphatic rings. The van der Waals surface area contributed by atoms with Gasteiger partial charge < -0.3 is 15.3 Å². The second-order valence-corrected chi connectivity index (χ2v) is 5.25. The first-order chi connectivity index (χ1) is 9.56. The molecule has 1 aliphatic carbocycles. The molecule has 1 saturated carbocycles. The molecule has 3 N–H and O–H groups in total. The van der Waals surface area contributed by atoms with Crippen LogP contribution in [0.2, 0.25) is 0 Å². The van der Waals surface area contributed by atoms with Gasteiger partial charge in [-0.2, -0.15) is 0 Å². The fraction of sp³-hybridized carbons (Fsp3) is 0.429. The average molecular weight is 277 g/mol. The first-order valence-electron chi connectivity index (χ1n) is 6.50. The van der Waals surface area contributed by atoms with Gasteiger partial charge in [0.2, 0.25) is 0 Å². The molecule has 0 spiro atoms. The van der Waals surface area contributed by atoms with E-state index in [0.717, 1.165) is 4.90 Å². The van der Waals surface area contributed by atoms with Crippen LogP contribution >= 0.6 is 0 Å². The van der Waals surface area contributed by atoms with Gasteiger partial charge in [-0.3, -0.25) is 14.5 Å². The lowest BCUT2D eigenvalue weighted by Gasteiger charge is -2.25. The number of amides is 2. The van der Waals surface area contributed by atoms with Crippen molar-refractivity contribution in [3.8, 4) is 0 Å². The van der Waals surface area contributed by atoms with E-state index in [0.29, 0.717) is 11.1 Å². The number of benzene rings is 1. The molecule has 1 fully saturated rings. The zero-order valence-electron chi connectivity index (χ0n) is 10.6. The molecule has 6 heteroatoms. The van der Waals surface area contributed by atoms with Gasteiger partial charge in [-0.1, -0.05) is 12.1 Å². The molecule has 4 atom stereocenters. The highest BCUT2D eigenvalue weighted by atomic mass is 16.3. The Morgan fingerprint density at radius 3 is 2.05 bits per heavy atom. The Kier molecular flexibility index (Phi) is 3.08. The highest BCUT2D eigenvalue weighted by Gasteiger charge is 2.50. The Morgan fingerprint density at radius 1 is 1.05 bits per heavy atom. The van der Waals surface area contributed by atoms with Gasteiger partial charge in [-0.05, 0) is 18.6 Å². The first kappa shape index (κ1) is 13.2. The summed E-state index contributed by atoms with van der Waals surface area (Å²) in [6.07, 6.45) is -2.16. The molecule has 1 aliphatic heterocycles. The molecule has 3 rings (SSSR count). The number of rotatable bonds is 2. The quantitative estimate of drug-likeness (QED) is 0.626. The maximum absolute atomic E-state index is 12.3. The SMILES string of the molecule is O=C1c2ccccc2C(=O)N1C1CC(CO)C(O)C1O. The van der Waals surface area contributed by atoms with Crippen LogP contribution in [0.5, 0.6) is 0 Å². The molecule has 4 unspecified atom stereocenters. The molecule has 1 heterocycles. The third-order valence-electron chi connectivity index (χ3n) is 4.16. The Labute approximate surface area is 115 Å². The number of carbonyl (C=O) groups excluding carboxylic acids is 2. The standard InChI is InChI=1S/C14H15NO5/c16-6-7-5-10(12(18)11(7)17)15-13(19)8-3-1-2-4-9(8)14(15)20/h1-4,7,10-12,16-18H,5-6H2. The Morgan fingerprint density at radius 2 is 1.60 bits per heavy atom. The van der Waals surface area contributed by atoms with Crippen molar-refractivity contribution < 1.29 is 24.9 Å². The summed E-state index contributed by atoms with van der Waals surface area (Å²) in [7, 11) is 0. The maximum Gasteiger partial charge on any atom is 0.261 e. The van der Waals surface area contributed by atoms with Crippen molar-refractivity contribution in [1.82, 2.24) is 4.90 Å². The van der Waals surface area contributed by atoms with Crippen LogP contribution in [0.25, 0.3) is 0 Å². The van der Waals surface area contributed by atoms with Gasteiger partial charge in [0, 0.05) is 12.5 Å². The van der Waals surface area contributed by atoms with Crippen molar-refractivity contribution in [2.24, 2.45) is 5.92 Å². The van der Waals surface area contributed by atoms with Crippen LogP contribution in [0, 0.1) is 5.92 Å². The summed E-state index contributed by atoms with van der Waals surface area (Å²) in [6.45, 7) is -0.294. The van der Waals surface area contributed by atoms with Gasteiger partial charge in [0.25, 0.3) is 11.8 Å². The number of hydrogen-bond donors (Lipinski definition) is 3. The molecule has 0 radical (unpaired) electrons. The second-order valence-electron chi connectivity index (χ2n) is 5.25. The largest absolute Gasteiger partial charge is 0.396 e. The van der Waals surface area contributed by atoms with E-state index < -0.39 is 36.0 Å². The van der Waals surface area contributed by atoms with E-state index in [-0.39, 0.29) is 13.0 Å². The number of fused-ring (bicyclic) bond motifs is 1. The molecule has 6 nitrogen and oxygen atoms in total. The summed E-state index contributed by atoms with van der Waals surface area (Å²) in [6, 6.07) is 5.68. The van der Waals surface area contributed by atoms with Gasteiger partial charge in [0.1, 0.15) is 6.10 Å². The molecule has 20 heavy (non-hydrogen) atoms. The zero-order valence-corrected chi connectivity index (χ0v) is 10.6. The van der Waals surface area contributed by atoms with E-state index in [1.165, 1.54) is 0 Å². The lowest BCUT2D eigenvalue weighted by molar-refractivity contribution is -0.0122. The summed E-state index contributed by atoms with van der Waals surface area (Å²) in [5, 5.41) is 29.0. The molecule has 0 aromatic heterocycles. The monoisotopic (exact) mass is 277 g/mol. The Balaban J connectivity index is 1.94. The highest BCUT2D eigenvalue weighted by molar-refractivity contribution is 6.21. The Bertz CT molecular complexity index is 537. The molecule has 1 aromatic carbocycles. The number of nitrogens with zero attached hydrogens (tertiary/aromatic N) is 1. The lowest BCUT2D eigenvalue weighted by Crippen LogP contribution is -2.46. The summed E-state index contributed by atoms with van der Waals surface area (Å²) < 4.78 is 0. The van der Waals surface area contributed by atoms with E-state index in [2.05, 4.69) is 0 Å². The van der Waals surface area contributed by atoms with Gasteiger partial charge >= 0.3 is 0 Å². The Hall–Kier alpha value is -1.76. The molecule has 106 valence electrons. The molecule has 1 aromatic rings. The van der Waals surface area contributed by atoms with Crippen LogP contribution in [0.3, 0.4) is 0 Å². The lowest BCUT2D eigenvalue weighted by atomic mass is 10.1. The number of imide groups is 1. The summed E-state index contributed by atoms with van der Waals surface area (Å²) in [5.74, 6) is -1.44. The number of hydrogen-bond acceptors (Lipinski definition) is 5. The predicted octanol–water partition coefficient (Wildman–Crippen LogP) is -0.615. The first-order valence-corrected chi connectivity index (χ1v) is 6.50. The van der Waals surface area contributed by atoms with E-state index in [4.69, 9.17) is 5.11 Å². The minimum Gasteiger partial charge on any atom is -0.396 e. The van der Waals surface area contributed by atoms with Crippen LogP contribution in [-0.2, 0) is 0 Å². The number of aliphatic hydroxyl groups excluding tert-OH is 3. The third kappa shape index (κ3) is 1.69. The molecule has 0 saturated heterocycles. The normalized spacial score (nSPS) is 32.9. The summed E-state index contributed by atoms with van der Waals surface area (Å²) in [5.41, 5.74) is 0.623. The molecular weight excluding hydrogens is 262 g/mol. The van der Waals surface area contributed by atoms with Gasteiger partial charge in [0.05, 0.1) is 23.3 Å². The van der Waals surface area contributed by atoms with Crippen LogP contribution < -0.4 is 0 Å².